The van der Waals surface area contributed by atoms with Crippen LogP contribution in [0.2, 0.25) is 0 Å². The van der Waals surface area contributed by atoms with E-state index in [1.165, 1.54) is 6.07 Å². The minimum atomic E-state index is -1.07. The maximum atomic E-state index is 11.7. The Bertz CT molecular complexity index is 486. The van der Waals surface area contributed by atoms with Crippen LogP contribution >= 0.6 is 0 Å². The molecule has 104 valence electrons. The Morgan fingerprint density at radius 3 is 2.58 bits per heavy atom. The number of rotatable bonds is 5. The Morgan fingerprint density at radius 1 is 1.42 bits per heavy atom. The van der Waals surface area contributed by atoms with Gasteiger partial charge in [-0.25, -0.2) is 4.79 Å². The molecule has 0 unspecified atom stereocenters. The summed E-state index contributed by atoms with van der Waals surface area (Å²) in [4.78, 5) is 24.4. The van der Waals surface area contributed by atoms with Gasteiger partial charge >= 0.3 is 5.97 Å². The summed E-state index contributed by atoms with van der Waals surface area (Å²) in [7, 11) is 1.66. The van der Waals surface area contributed by atoms with Crippen molar-refractivity contribution in [3.8, 4) is 0 Å². The lowest BCUT2D eigenvalue weighted by Crippen LogP contribution is -2.39. The normalized spacial score (nSPS) is 10.3. The molecular weight excluding hydrogens is 246 g/mol. The van der Waals surface area contributed by atoms with Crippen molar-refractivity contribution in [2.45, 2.75) is 19.9 Å². The number of carbonyl (C=O) groups excluding carboxylic acids is 1. The van der Waals surface area contributed by atoms with Crippen molar-refractivity contribution in [2.75, 3.05) is 24.2 Å². The molecule has 0 saturated heterocycles. The van der Waals surface area contributed by atoms with Crippen LogP contribution in [-0.2, 0) is 4.79 Å². The van der Waals surface area contributed by atoms with E-state index >= 15 is 0 Å². The van der Waals surface area contributed by atoms with Crippen LogP contribution in [0.25, 0.3) is 0 Å². The number of nitrogens with one attached hydrogen (secondary N) is 1. The fourth-order valence-corrected chi connectivity index (χ4v) is 1.73. The molecule has 1 amide bonds. The van der Waals surface area contributed by atoms with Crippen molar-refractivity contribution < 1.29 is 14.7 Å². The molecule has 6 heteroatoms. The Morgan fingerprint density at radius 2 is 2.05 bits per heavy atom. The van der Waals surface area contributed by atoms with Crippen molar-refractivity contribution in [1.29, 1.82) is 0 Å². The number of carboxylic acids is 1. The summed E-state index contributed by atoms with van der Waals surface area (Å²) in [6.07, 6.45) is 0. The fourth-order valence-electron chi connectivity index (χ4n) is 1.73. The van der Waals surface area contributed by atoms with E-state index in [1.807, 2.05) is 13.8 Å². The number of carbonyl (C=O) groups is 2. The summed E-state index contributed by atoms with van der Waals surface area (Å²) in [5.74, 6) is -1.23. The molecule has 0 radical (unpaired) electrons. The molecule has 1 aromatic rings. The van der Waals surface area contributed by atoms with Gasteiger partial charge in [-0.05, 0) is 32.0 Å². The molecule has 1 aromatic carbocycles. The number of aromatic carboxylic acids is 1. The number of nitrogen functional groups attached to an aromatic ring is 1. The van der Waals surface area contributed by atoms with Gasteiger partial charge < -0.3 is 21.1 Å². The molecule has 0 aromatic heterocycles. The minimum absolute atomic E-state index is 0.0475. The van der Waals surface area contributed by atoms with Crippen molar-refractivity contribution in [1.82, 2.24) is 5.32 Å². The number of nitrogens with zero attached hydrogens (tertiary/aromatic N) is 1. The van der Waals surface area contributed by atoms with Crippen LogP contribution in [-0.4, -0.2) is 36.6 Å². The lowest BCUT2D eigenvalue weighted by Gasteiger charge is -2.21. The van der Waals surface area contributed by atoms with Crippen LogP contribution in [0.15, 0.2) is 18.2 Å². The number of benzene rings is 1. The summed E-state index contributed by atoms with van der Waals surface area (Å²) in [5.41, 5.74) is 6.49. The second-order valence-corrected chi connectivity index (χ2v) is 4.66. The lowest BCUT2D eigenvalue weighted by atomic mass is 10.1. The number of nitrogens with two attached hydrogens (primary N) is 1. The molecule has 0 spiro atoms. The van der Waals surface area contributed by atoms with E-state index in [0.29, 0.717) is 11.4 Å². The summed E-state index contributed by atoms with van der Waals surface area (Å²) < 4.78 is 0. The second kappa shape index (κ2) is 6.08. The highest BCUT2D eigenvalue weighted by atomic mass is 16.4. The van der Waals surface area contributed by atoms with Gasteiger partial charge in [-0.2, -0.15) is 0 Å². The van der Waals surface area contributed by atoms with E-state index in [4.69, 9.17) is 10.8 Å². The topological polar surface area (TPSA) is 95.7 Å². The van der Waals surface area contributed by atoms with Gasteiger partial charge in [-0.15, -0.1) is 0 Å². The quantitative estimate of drug-likeness (QED) is 0.688. The number of likely N-dealkylation sites (N-methyl/N-ethyl adjacent to an activating group) is 1. The maximum Gasteiger partial charge on any atom is 0.337 e. The molecule has 0 fully saturated rings. The van der Waals surface area contributed by atoms with Crippen LogP contribution in [0.3, 0.4) is 0 Å². The minimum Gasteiger partial charge on any atom is -0.478 e. The molecule has 0 aliphatic heterocycles. The fraction of sp³-hybridized carbons (Fsp3) is 0.385. The van der Waals surface area contributed by atoms with Crippen LogP contribution < -0.4 is 16.0 Å². The van der Waals surface area contributed by atoms with Crippen molar-refractivity contribution in [3.63, 3.8) is 0 Å². The SMILES string of the molecule is CC(C)NC(=O)CN(C)c1ccc(N)cc1C(=O)O. The standard InChI is InChI=1S/C13H19N3O3/c1-8(2)15-12(17)7-16(3)11-5-4-9(14)6-10(11)13(18)19/h4-6,8H,7,14H2,1-3H3,(H,15,17)(H,18,19). The Kier molecular flexibility index (Phi) is 4.74. The summed E-state index contributed by atoms with van der Waals surface area (Å²) >= 11 is 0. The second-order valence-electron chi connectivity index (χ2n) is 4.66. The molecule has 6 nitrogen and oxygen atoms in total. The first kappa shape index (κ1) is 14.8. The molecule has 4 N–H and O–H groups in total. The highest BCUT2D eigenvalue weighted by Gasteiger charge is 2.16. The number of hydrogen-bond donors (Lipinski definition) is 3. The van der Waals surface area contributed by atoms with Gasteiger partial charge in [0.05, 0.1) is 17.8 Å². The monoisotopic (exact) mass is 265 g/mol. The van der Waals surface area contributed by atoms with Crippen LogP contribution in [0, 0.1) is 0 Å². The molecule has 19 heavy (non-hydrogen) atoms. The Labute approximate surface area is 112 Å². The number of hydrogen-bond acceptors (Lipinski definition) is 4. The average Bonchev–Trinajstić information content (AvgIpc) is 2.27. The Hall–Kier alpha value is -2.24. The largest absolute Gasteiger partial charge is 0.478 e. The summed E-state index contributed by atoms with van der Waals surface area (Å²) in [5, 5.41) is 11.9. The van der Waals surface area contributed by atoms with Gasteiger partial charge in [0.25, 0.3) is 0 Å². The van der Waals surface area contributed by atoms with Crippen LogP contribution in [0.4, 0.5) is 11.4 Å². The number of carboxylic acid groups (broad SMARTS) is 1. The van der Waals surface area contributed by atoms with Gasteiger partial charge in [-0.1, -0.05) is 0 Å². The highest BCUT2D eigenvalue weighted by molar-refractivity contribution is 5.96. The molecule has 0 aliphatic rings. The zero-order valence-corrected chi connectivity index (χ0v) is 11.3. The zero-order chi connectivity index (χ0) is 14.6. The van der Waals surface area contributed by atoms with E-state index in [9.17, 15) is 9.59 Å². The van der Waals surface area contributed by atoms with E-state index in [-0.39, 0.29) is 24.1 Å². The predicted molar refractivity (Wildman–Crippen MR) is 74.4 cm³/mol. The molecule has 1 rings (SSSR count). The molecule has 0 heterocycles. The van der Waals surface area contributed by atoms with Crippen molar-refractivity contribution in [3.05, 3.63) is 23.8 Å². The Balaban J connectivity index is 2.90. The van der Waals surface area contributed by atoms with E-state index in [1.54, 1.807) is 24.1 Å². The van der Waals surface area contributed by atoms with Crippen LogP contribution in [0.5, 0.6) is 0 Å². The first-order chi connectivity index (χ1) is 8.81. The highest BCUT2D eigenvalue weighted by Crippen LogP contribution is 2.22. The number of anilines is 2. The molecule has 0 bridgehead atoms. The molecule has 0 atom stereocenters. The maximum absolute atomic E-state index is 11.7. The van der Waals surface area contributed by atoms with Crippen molar-refractivity contribution in [2.24, 2.45) is 0 Å². The molecule has 0 aliphatic carbocycles. The van der Waals surface area contributed by atoms with Gasteiger partial charge in [0, 0.05) is 18.8 Å². The van der Waals surface area contributed by atoms with Crippen molar-refractivity contribution >= 4 is 23.3 Å². The average molecular weight is 265 g/mol. The lowest BCUT2D eigenvalue weighted by molar-refractivity contribution is -0.120. The molecular formula is C13H19N3O3. The van der Waals surface area contributed by atoms with Gasteiger partial charge in [0.15, 0.2) is 0 Å². The summed E-state index contributed by atoms with van der Waals surface area (Å²) in [6.45, 7) is 3.82. The van der Waals surface area contributed by atoms with E-state index in [0.717, 1.165) is 0 Å². The third kappa shape index (κ3) is 4.17. The predicted octanol–water partition coefficient (Wildman–Crippen LogP) is 0.928. The van der Waals surface area contributed by atoms with Crippen LogP contribution in [0.1, 0.15) is 24.2 Å². The zero-order valence-electron chi connectivity index (χ0n) is 11.3. The molecule has 0 saturated carbocycles. The van der Waals surface area contributed by atoms with E-state index in [2.05, 4.69) is 5.32 Å². The van der Waals surface area contributed by atoms with Gasteiger partial charge in [-0.3, -0.25) is 4.79 Å². The third-order valence-corrected chi connectivity index (χ3v) is 2.49. The van der Waals surface area contributed by atoms with E-state index < -0.39 is 5.97 Å². The van der Waals surface area contributed by atoms with Gasteiger partial charge in [0.1, 0.15) is 0 Å². The number of amides is 1. The first-order valence-electron chi connectivity index (χ1n) is 5.94. The third-order valence-electron chi connectivity index (χ3n) is 2.49. The first-order valence-corrected chi connectivity index (χ1v) is 5.94. The van der Waals surface area contributed by atoms with Gasteiger partial charge in [0.2, 0.25) is 5.91 Å². The smallest absolute Gasteiger partial charge is 0.337 e. The summed E-state index contributed by atoms with van der Waals surface area (Å²) in [6, 6.07) is 4.64.